The number of carbonyl (C=O) groups excluding carboxylic acids is 1. The number of aromatic amines is 1. The molecule has 0 spiro atoms. The third-order valence-electron chi connectivity index (χ3n) is 9.16. The molecular formula is C34H32N6O3. The lowest BCUT2D eigenvalue weighted by Gasteiger charge is -2.23. The van der Waals surface area contributed by atoms with E-state index in [1.54, 1.807) is 6.26 Å². The smallest absolute Gasteiger partial charge is 0.311 e. The first kappa shape index (κ1) is 25.9. The molecule has 43 heavy (non-hydrogen) atoms. The standard InChI is InChI=1S/C34H32N6O3/c1-20-27(18-36-40(20)23-9-14-42-15-10-23)29-17-26-24(8-13-35-31(26)37-29)22-6-7-25-21(16-22)4-3-5-28(25)38-32(41)33-39-30(19-43-33)34(2)11-12-34/h3-8,13,16-19,23H,9-12,14-15H2,1-2H3,(H,35,37)(H,38,41). The van der Waals surface area contributed by atoms with Gasteiger partial charge in [-0.15, -0.1) is 0 Å². The van der Waals surface area contributed by atoms with Crippen molar-refractivity contribution < 1.29 is 13.9 Å². The Morgan fingerprint density at radius 2 is 1.93 bits per heavy atom. The Hall–Kier alpha value is -4.76. The fourth-order valence-corrected chi connectivity index (χ4v) is 6.24. The number of fused-ring (bicyclic) bond motifs is 2. The monoisotopic (exact) mass is 572 g/mol. The number of H-pyrrole nitrogens is 1. The normalized spacial score (nSPS) is 16.6. The summed E-state index contributed by atoms with van der Waals surface area (Å²) in [5.74, 6) is -0.258. The molecule has 9 nitrogen and oxygen atoms in total. The number of hydrogen-bond acceptors (Lipinski definition) is 6. The molecule has 2 aliphatic rings. The lowest BCUT2D eigenvalue weighted by Crippen LogP contribution is -2.21. The van der Waals surface area contributed by atoms with Crippen LogP contribution in [0, 0.1) is 6.92 Å². The van der Waals surface area contributed by atoms with Crippen molar-refractivity contribution in [1.82, 2.24) is 24.7 Å². The maximum Gasteiger partial charge on any atom is 0.311 e. The van der Waals surface area contributed by atoms with Crippen LogP contribution in [0.4, 0.5) is 5.69 Å². The first-order valence-corrected chi connectivity index (χ1v) is 14.9. The number of nitrogens with one attached hydrogen (secondary N) is 2. The van der Waals surface area contributed by atoms with Crippen LogP contribution in [0.3, 0.4) is 0 Å². The van der Waals surface area contributed by atoms with Crippen LogP contribution in [0.15, 0.2) is 71.6 Å². The van der Waals surface area contributed by atoms with Gasteiger partial charge in [-0.3, -0.25) is 9.48 Å². The number of rotatable bonds is 6. The highest BCUT2D eigenvalue weighted by Gasteiger charge is 2.42. The van der Waals surface area contributed by atoms with Crippen LogP contribution in [0.5, 0.6) is 0 Å². The summed E-state index contributed by atoms with van der Waals surface area (Å²) in [6.45, 7) is 5.83. The third kappa shape index (κ3) is 4.51. The number of ether oxygens (including phenoxy) is 1. The summed E-state index contributed by atoms with van der Waals surface area (Å²) in [4.78, 5) is 25.6. The molecule has 1 saturated heterocycles. The molecule has 6 aromatic rings. The van der Waals surface area contributed by atoms with Crippen molar-refractivity contribution in [3.63, 3.8) is 0 Å². The Morgan fingerprint density at radius 1 is 1.07 bits per heavy atom. The maximum absolute atomic E-state index is 13.0. The minimum Gasteiger partial charge on any atom is -0.441 e. The van der Waals surface area contributed by atoms with E-state index in [4.69, 9.17) is 14.3 Å². The van der Waals surface area contributed by atoms with Crippen LogP contribution >= 0.6 is 0 Å². The van der Waals surface area contributed by atoms with E-state index in [9.17, 15) is 4.79 Å². The van der Waals surface area contributed by atoms with Gasteiger partial charge in [-0.2, -0.15) is 5.10 Å². The van der Waals surface area contributed by atoms with E-state index in [2.05, 4.69) is 69.1 Å². The average molecular weight is 573 g/mol. The summed E-state index contributed by atoms with van der Waals surface area (Å²) < 4.78 is 13.2. The van der Waals surface area contributed by atoms with E-state index in [1.807, 2.05) is 30.6 Å². The molecule has 9 heteroatoms. The number of benzene rings is 2. The van der Waals surface area contributed by atoms with Crippen LogP contribution < -0.4 is 5.32 Å². The predicted molar refractivity (Wildman–Crippen MR) is 165 cm³/mol. The van der Waals surface area contributed by atoms with Gasteiger partial charge in [0.05, 0.1) is 23.6 Å². The lowest BCUT2D eigenvalue weighted by molar-refractivity contribution is 0.0657. The predicted octanol–water partition coefficient (Wildman–Crippen LogP) is 7.20. The van der Waals surface area contributed by atoms with Crippen molar-refractivity contribution in [2.45, 2.75) is 51.0 Å². The highest BCUT2D eigenvalue weighted by molar-refractivity contribution is 6.08. The number of aromatic nitrogens is 5. The number of anilines is 1. The van der Waals surface area contributed by atoms with Gasteiger partial charge in [-0.25, -0.2) is 9.97 Å². The van der Waals surface area contributed by atoms with Crippen LogP contribution in [0.1, 0.15) is 60.7 Å². The number of hydrogen-bond donors (Lipinski definition) is 2. The fraction of sp³-hybridized carbons (Fsp3) is 0.294. The number of carbonyl (C=O) groups is 1. The van der Waals surface area contributed by atoms with Gasteiger partial charge in [0.15, 0.2) is 0 Å². The molecule has 0 atom stereocenters. The van der Waals surface area contributed by atoms with Crippen LogP contribution in [0.25, 0.3) is 44.2 Å². The topological polar surface area (TPSA) is 111 Å². The Labute approximate surface area is 248 Å². The Morgan fingerprint density at radius 3 is 2.77 bits per heavy atom. The zero-order valence-corrected chi connectivity index (χ0v) is 24.2. The minimum absolute atomic E-state index is 0.0437. The molecule has 0 bridgehead atoms. The molecule has 1 aliphatic carbocycles. The van der Waals surface area contributed by atoms with Crippen molar-refractivity contribution in [3.8, 4) is 22.4 Å². The van der Waals surface area contributed by atoms with E-state index < -0.39 is 0 Å². The molecule has 1 amide bonds. The molecule has 2 fully saturated rings. The first-order valence-electron chi connectivity index (χ1n) is 14.9. The number of oxazole rings is 1. The van der Waals surface area contributed by atoms with E-state index in [0.717, 1.165) is 94.5 Å². The van der Waals surface area contributed by atoms with Crippen LogP contribution in [-0.2, 0) is 10.2 Å². The molecule has 1 saturated carbocycles. The number of pyridine rings is 1. The second-order valence-corrected chi connectivity index (χ2v) is 12.0. The molecule has 8 rings (SSSR count). The molecule has 0 unspecified atom stereocenters. The molecular weight excluding hydrogens is 540 g/mol. The van der Waals surface area contributed by atoms with Gasteiger partial charge >= 0.3 is 5.91 Å². The molecule has 4 aromatic heterocycles. The summed E-state index contributed by atoms with van der Waals surface area (Å²) in [7, 11) is 0. The van der Waals surface area contributed by atoms with E-state index >= 15 is 0 Å². The van der Waals surface area contributed by atoms with Crippen molar-refractivity contribution in [1.29, 1.82) is 0 Å². The molecule has 1 aliphatic heterocycles. The number of amides is 1. The average Bonchev–Trinajstić information content (AvgIpc) is 3.40. The van der Waals surface area contributed by atoms with Gasteiger partial charge in [-0.05, 0) is 73.4 Å². The molecule has 0 radical (unpaired) electrons. The SMILES string of the molecule is Cc1c(-c2cc3c(-c4ccc5c(NC(=O)c6nc(C7(C)CC7)co6)cccc5c4)ccnc3[nH]2)cnn1C1CCOCC1. The maximum atomic E-state index is 13.0. The molecule has 2 N–H and O–H groups in total. The Bertz CT molecular complexity index is 2010. The molecule has 5 heterocycles. The molecule has 216 valence electrons. The second kappa shape index (κ2) is 9.91. The quantitative estimate of drug-likeness (QED) is 0.218. The third-order valence-corrected chi connectivity index (χ3v) is 9.16. The Kier molecular flexibility index (Phi) is 5.97. The van der Waals surface area contributed by atoms with Gasteiger partial charge in [0.1, 0.15) is 11.9 Å². The van der Waals surface area contributed by atoms with Crippen LogP contribution in [-0.4, -0.2) is 43.9 Å². The summed E-state index contributed by atoms with van der Waals surface area (Å²) >= 11 is 0. The van der Waals surface area contributed by atoms with Gasteiger partial charge in [-0.1, -0.05) is 31.2 Å². The van der Waals surface area contributed by atoms with Gasteiger partial charge < -0.3 is 19.5 Å². The van der Waals surface area contributed by atoms with Crippen LogP contribution in [0.2, 0.25) is 0 Å². The highest BCUT2D eigenvalue weighted by atomic mass is 16.5. The first-order chi connectivity index (χ1) is 21.0. The second-order valence-electron chi connectivity index (χ2n) is 12.0. The fourth-order valence-electron chi connectivity index (χ4n) is 6.24. The van der Waals surface area contributed by atoms with Crippen molar-refractivity contribution in [2.75, 3.05) is 18.5 Å². The van der Waals surface area contributed by atoms with Gasteiger partial charge in [0, 0.05) is 52.5 Å². The Balaban J connectivity index is 1.10. The van der Waals surface area contributed by atoms with E-state index in [1.165, 1.54) is 0 Å². The molecule has 2 aromatic carbocycles. The highest BCUT2D eigenvalue weighted by Crippen LogP contribution is 2.47. The number of nitrogens with zero attached hydrogens (tertiary/aromatic N) is 4. The summed E-state index contributed by atoms with van der Waals surface area (Å²) in [5, 5.41) is 10.8. The summed E-state index contributed by atoms with van der Waals surface area (Å²) in [6.07, 6.45) is 9.50. The van der Waals surface area contributed by atoms with Crippen molar-refractivity contribution in [3.05, 3.63) is 84.5 Å². The lowest BCUT2D eigenvalue weighted by atomic mass is 9.99. The minimum atomic E-state index is -0.349. The van der Waals surface area contributed by atoms with Crippen molar-refractivity contribution >= 4 is 33.4 Å². The zero-order valence-electron chi connectivity index (χ0n) is 24.2. The summed E-state index contributed by atoms with van der Waals surface area (Å²) in [6, 6.07) is 16.8. The van der Waals surface area contributed by atoms with Gasteiger partial charge in [0.25, 0.3) is 5.89 Å². The van der Waals surface area contributed by atoms with Crippen molar-refractivity contribution in [2.24, 2.45) is 0 Å². The van der Waals surface area contributed by atoms with Gasteiger partial charge in [0.2, 0.25) is 0 Å². The largest absolute Gasteiger partial charge is 0.441 e. The van der Waals surface area contributed by atoms with E-state index in [0.29, 0.717) is 11.7 Å². The van der Waals surface area contributed by atoms with E-state index in [-0.39, 0.29) is 17.2 Å². The zero-order chi connectivity index (χ0) is 29.1. The summed E-state index contributed by atoms with van der Waals surface area (Å²) in [5.41, 5.74) is 7.81.